The van der Waals surface area contributed by atoms with E-state index in [0.717, 1.165) is 12.0 Å². The molecule has 1 saturated carbocycles. The zero-order valence-electron chi connectivity index (χ0n) is 11.4. The third-order valence-electron chi connectivity index (χ3n) is 3.36. The van der Waals surface area contributed by atoms with Crippen LogP contribution in [-0.2, 0) is 11.3 Å². The third-order valence-corrected chi connectivity index (χ3v) is 3.36. The molecule has 110 valence electrons. The van der Waals surface area contributed by atoms with Crippen LogP contribution in [-0.4, -0.2) is 19.6 Å². The molecule has 0 spiro atoms. The van der Waals surface area contributed by atoms with E-state index in [0.29, 0.717) is 12.5 Å². The minimum atomic E-state index is -2.90. The predicted molar refractivity (Wildman–Crippen MR) is 68.7 cm³/mol. The van der Waals surface area contributed by atoms with E-state index in [1.165, 1.54) is 13.2 Å². The van der Waals surface area contributed by atoms with Crippen molar-refractivity contribution in [3.63, 3.8) is 0 Å². The lowest BCUT2D eigenvalue weighted by molar-refractivity contribution is -0.122. The number of hydrogen-bond acceptors (Lipinski definition) is 3. The Morgan fingerprint density at radius 3 is 2.70 bits per heavy atom. The molecule has 2 rings (SSSR count). The van der Waals surface area contributed by atoms with Crippen molar-refractivity contribution in [1.29, 1.82) is 0 Å². The molecule has 1 amide bonds. The summed E-state index contributed by atoms with van der Waals surface area (Å²) < 4.78 is 33.7. The maximum absolute atomic E-state index is 12.2. The van der Waals surface area contributed by atoms with Gasteiger partial charge in [0.2, 0.25) is 5.91 Å². The highest BCUT2D eigenvalue weighted by Gasteiger charge is 2.38. The van der Waals surface area contributed by atoms with Gasteiger partial charge in [0.1, 0.15) is 0 Å². The van der Waals surface area contributed by atoms with Crippen molar-refractivity contribution in [2.75, 3.05) is 7.11 Å². The van der Waals surface area contributed by atoms with Gasteiger partial charge in [0, 0.05) is 12.5 Å². The summed E-state index contributed by atoms with van der Waals surface area (Å²) in [6.45, 7) is -0.525. The fraction of sp³-hybridized carbons (Fsp3) is 0.500. The average Bonchev–Trinajstić information content (AvgIpc) is 3.13. The van der Waals surface area contributed by atoms with Crippen molar-refractivity contribution in [3.05, 3.63) is 23.8 Å². The normalized spacial score (nSPS) is 20.6. The fourth-order valence-corrected chi connectivity index (χ4v) is 2.02. The highest BCUT2D eigenvalue weighted by atomic mass is 19.3. The molecule has 2 atom stereocenters. The SMILES string of the molecule is COc1cc(CNC(=O)[C@H]2C[C@@H]2C)ccc1OC(F)F. The number of nitrogens with one attached hydrogen (secondary N) is 1. The summed E-state index contributed by atoms with van der Waals surface area (Å²) in [7, 11) is 1.38. The molecule has 20 heavy (non-hydrogen) atoms. The molecule has 1 aromatic rings. The number of carbonyl (C=O) groups is 1. The summed E-state index contributed by atoms with van der Waals surface area (Å²) in [4.78, 5) is 11.7. The van der Waals surface area contributed by atoms with Gasteiger partial charge >= 0.3 is 6.61 Å². The Kier molecular flexibility index (Phi) is 4.42. The number of carbonyl (C=O) groups excluding carboxylic acids is 1. The van der Waals surface area contributed by atoms with Crippen molar-refractivity contribution in [1.82, 2.24) is 5.32 Å². The zero-order valence-corrected chi connectivity index (χ0v) is 11.4. The first-order valence-electron chi connectivity index (χ1n) is 6.40. The van der Waals surface area contributed by atoms with Gasteiger partial charge in [-0.2, -0.15) is 8.78 Å². The molecule has 1 N–H and O–H groups in total. The lowest BCUT2D eigenvalue weighted by Crippen LogP contribution is -2.24. The van der Waals surface area contributed by atoms with E-state index in [9.17, 15) is 13.6 Å². The fourth-order valence-electron chi connectivity index (χ4n) is 2.02. The van der Waals surface area contributed by atoms with Crippen LogP contribution < -0.4 is 14.8 Å². The lowest BCUT2D eigenvalue weighted by atomic mass is 10.2. The van der Waals surface area contributed by atoms with Gasteiger partial charge in [-0.25, -0.2) is 0 Å². The molecule has 1 aliphatic carbocycles. The second-order valence-electron chi connectivity index (χ2n) is 4.90. The lowest BCUT2D eigenvalue weighted by Gasteiger charge is -2.12. The van der Waals surface area contributed by atoms with E-state index >= 15 is 0 Å². The van der Waals surface area contributed by atoms with Crippen LogP contribution >= 0.6 is 0 Å². The number of benzene rings is 1. The molecule has 4 nitrogen and oxygen atoms in total. The van der Waals surface area contributed by atoms with Crippen LogP contribution in [0.4, 0.5) is 8.78 Å². The molecule has 0 heterocycles. The maximum atomic E-state index is 12.2. The first-order valence-corrected chi connectivity index (χ1v) is 6.40. The first-order chi connectivity index (χ1) is 9.51. The Morgan fingerprint density at radius 1 is 1.45 bits per heavy atom. The molecule has 0 saturated heterocycles. The Balaban J connectivity index is 1.96. The van der Waals surface area contributed by atoms with Crippen molar-refractivity contribution in [2.45, 2.75) is 26.5 Å². The van der Waals surface area contributed by atoms with E-state index in [4.69, 9.17) is 4.74 Å². The van der Waals surface area contributed by atoms with E-state index in [-0.39, 0.29) is 23.3 Å². The monoisotopic (exact) mass is 285 g/mol. The van der Waals surface area contributed by atoms with Crippen molar-refractivity contribution in [3.8, 4) is 11.5 Å². The highest BCUT2D eigenvalue weighted by molar-refractivity contribution is 5.81. The summed E-state index contributed by atoms with van der Waals surface area (Å²) in [6, 6.07) is 4.61. The first kappa shape index (κ1) is 14.6. The Labute approximate surface area is 116 Å². The summed E-state index contributed by atoms with van der Waals surface area (Å²) in [5, 5.41) is 2.82. The zero-order chi connectivity index (χ0) is 14.7. The molecule has 0 aromatic heterocycles. The van der Waals surface area contributed by atoms with Gasteiger partial charge in [0.05, 0.1) is 7.11 Å². The Hall–Kier alpha value is -1.85. The van der Waals surface area contributed by atoms with Crippen LogP contribution in [0.15, 0.2) is 18.2 Å². The van der Waals surface area contributed by atoms with Crippen molar-refractivity contribution < 1.29 is 23.0 Å². The van der Waals surface area contributed by atoms with Gasteiger partial charge in [-0.1, -0.05) is 13.0 Å². The number of halogens is 2. The standard InChI is InChI=1S/C14H17F2NO3/c1-8-5-10(8)13(18)17-7-9-3-4-11(20-14(15)16)12(6-9)19-2/h3-4,6,8,10,14H,5,7H2,1-2H3,(H,17,18)/t8-,10-/m0/s1. The van der Waals surface area contributed by atoms with Gasteiger partial charge in [-0.15, -0.1) is 0 Å². The van der Waals surface area contributed by atoms with Gasteiger partial charge in [0.25, 0.3) is 0 Å². The van der Waals surface area contributed by atoms with E-state index in [1.807, 2.05) is 6.92 Å². The second-order valence-corrected chi connectivity index (χ2v) is 4.90. The number of amides is 1. The third kappa shape index (κ3) is 3.59. The molecule has 0 aliphatic heterocycles. The van der Waals surface area contributed by atoms with Gasteiger partial charge in [0.15, 0.2) is 11.5 Å². The average molecular weight is 285 g/mol. The smallest absolute Gasteiger partial charge is 0.387 e. The van der Waals surface area contributed by atoms with Crippen LogP contribution in [0.25, 0.3) is 0 Å². The van der Waals surface area contributed by atoms with E-state index in [2.05, 4.69) is 10.1 Å². The minimum Gasteiger partial charge on any atom is -0.493 e. The van der Waals surface area contributed by atoms with Gasteiger partial charge in [-0.3, -0.25) is 4.79 Å². The summed E-state index contributed by atoms with van der Waals surface area (Å²) in [6.07, 6.45) is 0.927. The summed E-state index contributed by atoms with van der Waals surface area (Å²) >= 11 is 0. The largest absolute Gasteiger partial charge is 0.493 e. The predicted octanol–water partition coefficient (Wildman–Crippen LogP) is 2.57. The van der Waals surface area contributed by atoms with Crippen molar-refractivity contribution >= 4 is 5.91 Å². The molecular weight excluding hydrogens is 268 g/mol. The van der Waals surface area contributed by atoms with Crippen LogP contribution in [0, 0.1) is 11.8 Å². The number of hydrogen-bond donors (Lipinski definition) is 1. The van der Waals surface area contributed by atoms with Gasteiger partial charge < -0.3 is 14.8 Å². The quantitative estimate of drug-likeness (QED) is 0.874. The Morgan fingerprint density at radius 2 is 2.15 bits per heavy atom. The van der Waals surface area contributed by atoms with Crippen LogP contribution in [0.3, 0.4) is 0 Å². The molecule has 1 aromatic carbocycles. The second kappa shape index (κ2) is 6.07. The van der Waals surface area contributed by atoms with Crippen LogP contribution in [0.1, 0.15) is 18.9 Å². The molecule has 0 unspecified atom stereocenters. The molecule has 0 radical (unpaired) electrons. The minimum absolute atomic E-state index is 0.0200. The van der Waals surface area contributed by atoms with Crippen LogP contribution in [0.5, 0.6) is 11.5 Å². The molecule has 1 fully saturated rings. The maximum Gasteiger partial charge on any atom is 0.387 e. The van der Waals surface area contributed by atoms with E-state index in [1.54, 1.807) is 12.1 Å². The Bertz CT molecular complexity index is 493. The number of methoxy groups -OCH3 is 1. The summed E-state index contributed by atoms with van der Waals surface area (Å²) in [5.74, 6) is 0.791. The highest BCUT2D eigenvalue weighted by Crippen LogP contribution is 2.37. The molecule has 0 bridgehead atoms. The van der Waals surface area contributed by atoms with Gasteiger partial charge in [-0.05, 0) is 30.0 Å². The van der Waals surface area contributed by atoms with Crippen LogP contribution in [0.2, 0.25) is 0 Å². The molecule has 1 aliphatic rings. The summed E-state index contributed by atoms with van der Waals surface area (Å²) in [5.41, 5.74) is 0.769. The topological polar surface area (TPSA) is 47.6 Å². The number of ether oxygens (including phenoxy) is 2. The number of alkyl halides is 2. The van der Waals surface area contributed by atoms with Crippen molar-refractivity contribution in [2.24, 2.45) is 11.8 Å². The molecular formula is C14H17F2NO3. The molecule has 6 heteroatoms. The number of rotatable bonds is 6. The van der Waals surface area contributed by atoms with E-state index < -0.39 is 6.61 Å².